The van der Waals surface area contributed by atoms with Crippen LogP contribution in [0, 0.1) is 0 Å². The first kappa shape index (κ1) is 16.0. The third kappa shape index (κ3) is 5.97. The van der Waals surface area contributed by atoms with Crippen molar-refractivity contribution in [2.75, 3.05) is 13.1 Å². The standard InChI is InChI=1S/C16H19N3O2S/c20-15(17-9-8-14-7-4-10-22-14)12-19-16(21)18-11-13-5-2-1-3-6-13/h1-7,10H,8-9,11-12H2,(H,17,20)(H2,18,19,21). The van der Waals surface area contributed by atoms with Crippen molar-refractivity contribution < 1.29 is 9.59 Å². The normalized spacial score (nSPS) is 10.0. The van der Waals surface area contributed by atoms with E-state index in [4.69, 9.17) is 0 Å². The minimum atomic E-state index is -0.350. The lowest BCUT2D eigenvalue weighted by Crippen LogP contribution is -2.42. The number of nitrogens with one attached hydrogen (secondary N) is 3. The van der Waals surface area contributed by atoms with E-state index in [1.165, 1.54) is 4.88 Å². The Bertz CT molecular complexity index is 585. The summed E-state index contributed by atoms with van der Waals surface area (Å²) >= 11 is 1.67. The molecule has 1 aromatic heterocycles. The molecule has 0 atom stereocenters. The number of amides is 3. The topological polar surface area (TPSA) is 70.2 Å². The Balaban J connectivity index is 1.56. The van der Waals surface area contributed by atoms with Crippen molar-refractivity contribution >= 4 is 23.3 Å². The second kappa shape index (κ2) is 8.84. The van der Waals surface area contributed by atoms with Crippen LogP contribution in [0.4, 0.5) is 4.79 Å². The first-order chi connectivity index (χ1) is 10.7. The summed E-state index contributed by atoms with van der Waals surface area (Å²) in [4.78, 5) is 24.4. The summed E-state index contributed by atoms with van der Waals surface area (Å²) in [5.41, 5.74) is 1.01. The highest BCUT2D eigenvalue weighted by molar-refractivity contribution is 7.09. The van der Waals surface area contributed by atoms with Gasteiger partial charge in [0.1, 0.15) is 0 Å². The van der Waals surface area contributed by atoms with E-state index < -0.39 is 0 Å². The number of urea groups is 1. The summed E-state index contributed by atoms with van der Waals surface area (Å²) < 4.78 is 0. The highest BCUT2D eigenvalue weighted by atomic mass is 32.1. The fraction of sp³-hybridized carbons (Fsp3) is 0.250. The van der Waals surface area contributed by atoms with Crippen LogP contribution < -0.4 is 16.0 Å². The summed E-state index contributed by atoms with van der Waals surface area (Å²) in [5, 5.41) is 10.0. The molecular formula is C16H19N3O2S. The lowest BCUT2D eigenvalue weighted by atomic mass is 10.2. The molecule has 0 saturated heterocycles. The van der Waals surface area contributed by atoms with Gasteiger partial charge in [0, 0.05) is 18.0 Å². The van der Waals surface area contributed by atoms with Gasteiger partial charge in [-0.05, 0) is 23.4 Å². The van der Waals surface area contributed by atoms with E-state index in [2.05, 4.69) is 16.0 Å². The highest BCUT2D eigenvalue weighted by Gasteiger charge is 2.04. The molecule has 0 aliphatic carbocycles. The van der Waals surface area contributed by atoms with E-state index >= 15 is 0 Å². The molecule has 6 heteroatoms. The second-order valence-electron chi connectivity index (χ2n) is 4.70. The number of benzene rings is 1. The summed E-state index contributed by atoms with van der Waals surface area (Å²) in [6.07, 6.45) is 0.809. The zero-order valence-electron chi connectivity index (χ0n) is 12.2. The van der Waals surface area contributed by atoms with E-state index in [1.807, 2.05) is 47.8 Å². The fourth-order valence-corrected chi connectivity index (χ4v) is 2.55. The van der Waals surface area contributed by atoms with Crippen LogP contribution in [0.25, 0.3) is 0 Å². The molecule has 116 valence electrons. The number of rotatable bonds is 7. The Labute approximate surface area is 133 Å². The maximum absolute atomic E-state index is 11.6. The van der Waals surface area contributed by atoms with E-state index in [-0.39, 0.29) is 18.5 Å². The SMILES string of the molecule is O=C(CNC(=O)NCc1ccccc1)NCCc1cccs1. The maximum Gasteiger partial charge on any atom is 0.315 e. The molecule has 0 fully saturated rings. The van der Waals surface area contributed by atoms with Crippen LogP contribution in [0.1, 0.15) is 10.4 Å². The van der Waals surface area contributed by atoms with Crippen LogP contribution in [-0.2, 0) is 17.8 Å². The van der Waals surface area contributed by atoms with Crippen molar-refractivity contribution in [1.82, 2.24) is 16.0 Å². The van der Waals surface area contributed by atoms with Crippen LogP contribution in [0.15, 0.2) is 47.8 Å². The van der Waals surface area contributed by atoms with Gasteiger partial charge in [-0.15, -0.1) is 11.3 Å². The van der Waals surface area contributed by atoms with E-state index in [9.17, 15) is 9.59 Å². The molecule has 22 heavy (non-hydrogen) atoms. The molecule has 5 nitrogen and oxygen atoms in total. The minimum absolute atomic E-state index is 0.0228. The summed E-state index contributed by atoms with van der Waals surface area (Å²) in [7, 11) is 0. The molecule has 3 N–H and O–H groups in total. The minimum Gasteiger partial charge on any atom is -0.354 e. The largest absolute Gasteiger partial charge is 0.354 e. The third-order valence-corrected chi connectivity index (χ3v) is 3.92. The molecule has 0 saturated carbocycles. The Kier molecular flexibility index (Phi) is 6.44. The molecule has 0 spiro atoms. The first-order valence-electron chi connectivity index (χ1n) is 7.09. The van der Waals surface area contributed by atoms with Gasteiger partial charge in [0.2, 0.25) is 5.91 Å². The van der Waals surface area contributed by atoms with Gasteiger partial charge in [-0.1, -0.05) is 36.4 Å². The summed E-state index contributed by atoms with van der Waals surface area (Å²) in [6.45, 7) is 0.990. The van der Waals surface area contributed by atoms with Gasteiger partial charge in [-0.2, -0.15) is 0 Å². The Morgan fingerprint density at radius 1 is 0.955 bits per heavy atom. The lowest BCUT2D eigenvalue weighted by Gasteiger charge is -2.08. The maximum atomic E-state index is 11.6. The summed E-state index contributed by atoms with van der Waals surface area (Å²) in [5.74, 6) is -0.189. The van der Waals surface area contributed by atoms with Crippen LogP contribution >= 0.6 is 11.3 Å². The smallest absolute Gasteiger partial charge is 0.315 e. The van der Waals surface area contributed by atoms with Crippen LogP contribution in [-0.4, -0.2) is 25.0 Å². The van der Waals surface area contributed by atoms with E-state index in [1.54, 1.807) is 11.3 Å². The van der Waals surface area contributed by atoms with Crippen molar-refractivity contribution in [1.29, 1.82) is 0 Å². The van der Waals surface area contributed by atoms with E-state index in [0.717, 1.165) is 12.0 Å². The van der Waals surface area contributed by atoms with Crippen molar-refractivity contribution in [3.8, 4) is 0 Å². The molecule has 2 rings (SSSR count). The second-order valence-corrected chi connectivity index (χ2v) is 5.73. The average molecular weight is 317 g/mol. The molecule has 1 aromatic carbocycles. The molecule has 0 unspecified atom stereocenters. The number of thiophene rings is 1. The third-order valence-electron chi connectivity index (χ3n) is 2.98. The number of carbonyl (C=O) groups is 2. The molecule has 1 heterocycles. The van der Waals surface area contributed by atoms with Crippen LogP contribution in [0.2, 0.25) is 0 Å². The Morgan fingerprint density at radius 2 is 1.77 bits per heavy atom. The van der Waals surface area contributed by atoms with Gasteiger partial charge in [0.15, 0.2) is 0 Å². The first-order valence-corrected chi connectivity index (χ1v) is 7.97. The molecule has 3 amide bonds. The van der Waals surface area contributed by atoms with Gasteiger partial charge >= 0.3 is 6.03 Å². The number of hydrogen-bond acceptors (Lipinski definition) is 3. The molecular weight excluding hydrogens is 298 g/mol. The van der Waals surface area contributed by atoms with E-state index in [0.29, 0.717) is 13.1 Å². The van der Waals surface area contributed by atoms with Gasteiger partial charge in [-0.25, -0.2) is 4.79 Å². The van der Waals surface area contributed by atoms with Gasteiger partial charge in [0.25, 0.3) is 0 Å². The number of carbonyl (C=O) groups excluding carboxylic acids is 2. The predicted molar refractivity (Wildman–Crippen MR) is 87.7 cm³/mol. The van der Waals surface area contributed by atoms with Crippen LogP contribution in [0.3, 0.4) is 0 Å². The fourth-order valence-electron chi connectivity index (χ4n) is 1.84. The average Bonchev–Trinajstić information content (AvgIpc) is 3.05. The molecule has 0 radical (unpaired) electrons. The zero-order chi connectivity index (χ0) is 15.6. The van der Waals surface area contributed by atoms with Crippen molar-refractivity contribution in [2.24, 2.45) is 0 Å². The lowest BCUT2D eigenvalue weighted by molar-refractivity contribution is -0.120. The Hall–Kier alpha value is -2.34. The van der Waals surface area contributed by atoms with Gasteiger partial charge < -0.3 is 16.0 Å². The van der Waals surface area contributed by atoms with Crippen molar-refractivity contribution in [2.45, 2.75) is 13.0 Å². The molecule has 0 aliphatic rings. The molecule has 0 aliphatic heterocycles. The zero-order valence-corrected chi connectivity index (χ0v) is 13.0. The monoisotopic (exact) mass is 317 g/mol. The van der Waals surface area contributed by atoms with Gasteiger partial charge in [-0.3, -0.25) is 4.79 Å². The van der Waals surface area contributed by atoms with Crippen molar-refractivity contribution in [3.05, 3.63) is 58.3 Å². The van der Waals surface area contributed by atoms with Gasteiger partial charge in [0.05, 0.1) is 6.54 Å². The summed E-state index contributed by atoms with van der Waals surface area (Å²) in [6, 6.07) is 13.3. The molecule has 0 bridgehead atoms. The van der Waals surface area contributed by atoms with Crippen LogP contribution in [0.5, 0.6) is 0 Å². The quantitative estimate of drug-likeness (QED) is 0.730. The van der Waals surface area contributed by atoms with Crippen molar-refractivity contribution in [3.63, 3.8) is 0 Å². The molecule has 2 aromatic rings. The highest BCUT2D eigenvalue weighted by Crippen LogP contribution is 2.07. The predicted octanol–water partition coefficient (Wildman–Crippen LogP) is 1.91. The number of hydrogen-bond donors (Lipinski definition) is 3. The Morgan fingerprint density at radius 3 is 2.50 bits per heavy atom.